The summed E-state index contributed by atoms with van der Waals surface area (Å²) >= 11 is 0. The number of hydrogen-bond donors (Lipinski definition) is 1. The van der Waals surface area contributed by atoms with Gasteiger partial charge in [-0.25, -0.2) is 0 Å². The van der Waals surface area contributed by atoms with Gasteiger partial charge in [-0.15, -0.1) is 0 Å². The van der Waals surface area contributed by atoms with Crippen molar-refractivity contribution in [2.45, 2.75) is 6.92 Å². The Kier molecular flexibility index (Phi) is 12.1. The molecule has 0 aromatic rings. The van der Waals surface area contributed by atoms with Crippen molar-refractivity contribution in [1.82, 2.24) is 0 Å². The second-order valence-corrected chi connectivity index (χ2v) is 1.14. The minimum atomic E-state index is -0.435. The first-order valence-electron chi connectivity index (χ1n) is 1.60. The van der Waals surface area contributed by atoms with Crippen LogP contribution < -0.4 is 5.73 Å². The fourth-order valence-electron chi connectivity index (χ4n) is 0. The van der Waals surface area contributed by atoms with E-state index in [9.17, 15) is 4.79 Å². The van der Waals surface area contributed by atoms with Crippen molar-refractivity contribution in [2.24, 2.45) is 5.73 Å². The molecule has 46 valence electrons. The highest BCUT2D eigenvalue weighted by Crippen LogP contribution is 1.78. The third-order valence-corrected chi connectivity index (χ3v) is 0.421. The van der Waals surface area contributed by atoms with Crippen molar-refractivity contribution in [2.75, 3.05) is 0 Å². The smallest absolute Gasteiger partial charge is 0.243 e. The molecule has 0 aromatic heterocycles. The Morgan fingerprint density at radius 1 is 1.62 bits per heavy atom. The van der Waals surface area contributed by atoms with Crippen LogP contribution in [0.5, 0.6) is 0 Å². The molecule has 0 heterocycles. The Morgan fingerprint density at radius 2 is 1.75 bits per heavy atom. The van der Waals surface area contributed by atoms with Crippen LogP contribution in [0.1, 0.15) is 6.92 Å². The first kappa shape index (κ1) is 15.7. The second kappa shape index (κ2) is 6.17. The molecule has 0 fully saturated rings. The topological polar surface area (TPSA) is 74.6 Å². The lowest BCUT2D eigenvalue weighted by molar-refractivity contribution is -0.114. The van der Waals surface area contributed by atoms with Gasteiger partial charge in [0.05, 0.1) is 0 Å². The van der Waals surface area contributed by atoms with Crippen molar-refractivity contribution < 1.29 is 10.3 Å². The number of nitrogens with two attached hydrogens (primary N) is 1. The summed E-state index contributed by atoms with van der Waals surface area (Å²) in [6.45, 7) is 4.85. The summed E-state index contributed by atoms with van der Waals surface area (Å²) in [6, 6.07) is 0. The SMILES string of the molecule is C=C(C)C(N)=O.O.[C]. The van der Waals surface area contributed by atoms with Gasteiger partial charge in [0.1, 0.15) is 0 Å². The van der Waals surface area contributed by atoms with Gasteiger partial charge in [-0.2, -0.15) is 0 Å². The van der Waals surface area contributed by atoms with Crippen LogP contribution in [0.4, 0.5) is 0 Å². The first-order valence-corrected chi connectivity index (χ1v) is 1.60. The average Bonchev–Trinajstić information content (AvgIpc) is 1.36. The molecule has 0 unspecified atom stereocenters. The molecule has 0 aliphatic carbocycles. The van der Waals surface area contributed by atoms with E-state index < -0.39 is 5.91 Å². The zero-order valence-electron chi connectivity index (χ0n) is 4.69. The highest BCUT2D eigenvalue weighted by molar-refractivity contribution is 5.90. The van der Waals surface area contributed by atoms with Gasteiger partial charge < -0.3 is 11.2 Å². The zero-order valence-corrected chi connectivity index (χ0v) is 4.69. The molecule has 3 nitrogen and oxygen atoms in total. The fraction of sp³-hybridized carbons (Fsp3) is 0.200. The van der Waals surface area contributed by atoms with Crippen molar-refractivity contribution in [1.29, 1.82) is 0 Å². The Balaban J connectivity index is -0.000000125. The molecule has 0 rings (SSSR count). The number of primary amides is 1. The molecule has 0 aromatic carbocycles. The molecule has 0 bridgehead atoms. The third kappa shape index (κ3) is 8.95. The van der Waals surface area contributed by atoms with E-state index in [1.165, 1.54) is 0 Å². The highest BCUT2D eigenvalue weighted by atomic mass is 16.1. The predicted molar refractivity (Wildman–Crippen MR) is 30.9 cm³/mol. The minimum Gasteiger partial charge on any atom is -0.412 e. The number of carbonyl (C=O) groups excluding carboxylic acids is 1. The Bertz CT molecular complexity index is 76.4. The van der Waals surface area contributed by atoms with Gasteiger partial charge in [-0.3, -0.25) is 4.79 Å². The highest BCUT2D eigenvalue weighted by Gasteiger charge is 1.86. The predicted octanol–water partition coefficient (Wildman–Crippen LogP) is -0.696. The fourth-order valence-corrected chi connectivity index (χ4v) is 0. The normalized spacial score (nSPS) is 5.62. The van der Waals surface area contributed by atoms with E-state index in [1.54, 1.807) is 6.92 Å². The van der Waals surface area contributed by atoms with E-state index in [1.807, 2.05) is 0 Å². The van der Waals surface area contributed by atoms with Crippen LogP contribution in [-0.4, -0.2) is 11.4 Å². The van der Waals surface area contributed by atoms with Crippen LogP contribution in [0.2, 0.25) is 0 Å². The van der Waals surface area contributed by atoms with Crippen molar-refractivity contribution in [3.63, 3.8) is 0 Å². The minimum absolute atomic E-state index is 0. The lowest BCUT2D eigenvalue weighted by Crippen LogP contribution is -2.10. The largest absolute Gasteiger partial charge is 0.412 e. The summed E-state index contributed by atoms with van der Waals surface area (Å²) in [6.07, 6.45) is 0. The van der Waals surface area contributed by atoms with Gasteiger partial charge in [-0.05, 0) is 6.92 Å². The Hall–Kier alpha value is -0.830. The van der Waals surface area contributed by atoms with E-state index in [0.29, 0.717) is 5.57 Å². The van der Waals surface area contributed by atoms with Crippen LogP contribution in [0, 0.1) is 7.43 Å². The molecule has 3 heteroatoms. The summed E-state index contributed by atoms with van der Waals surface area (Å²) < 4.78 is 0. The van der Waals surface area contributed by atoms with Gasteiger partial charge in [0.2, 0.25) is 5.91 Å². The monoisotopic (exact) mass is 115 g/mol. The number of amides is 1. The molecule has 1 amide bonds. The van der Waals surface area contributed by atoms with Crippen LogP contribution in [0.3, 0.4) is 0 Å². The van der Waals surface area contributed by atoms with Crippen molar-refractivity contribution in [3.05, 3.63) is 19.6 Å². The van der Waals surface area contributed by atoms with Crippen LogP contribution in [0.25, 0.3) is 0 Å². The molecule has 0 aliphatic rings. The number of rotatable bonds is 1. The molecular formula is C5H9NO2. The first-order chi connectivity index (χ1) is 2.64. The Labute approximate surface area is 49.5 Å². The van der Waals surface area contributed by atoms with Crippen LogP contribution in [0.15, 0.2) is 12.2 Å². The van der Waals surface area contributed by atoms with Gasteiger partial charge >= 0.3 is 0 Å². The lowest BCUT2D eigenvalue weighted by Gasteiger charge is -1.81. The standard InChI is InChI=1S/C4H7NO.C.H2O/c1-3(2)4(5)6;;/h1H2,2H3,(H2,5,6);;1H2. The van der Waals surface area contributed by atoms with Crippen molar-refractivity contribution >= 4 is 5.91 Å². The maximum Gasteiger partial charge on any atom is 0.243 e. The van der Waals surface area contributed by atoms with E-state index in [0.717, 1.165) is 0 Å². The lowest BCUT2D eigenvalue weighted by atomic mass is 10.3. The van der Waals surface area contributed by atoms with Crippen molar-refractivity contribution in [3.8, 4) is 0 Å². The van der Waals surface area contributed by atoms with E-state index in [4.69, 9.17) is 5.73 Å². The van der Waals surface area contributed by atoms with Gasteiger partial charge in [-0.1, -0.05) is 6.58 Å². The summed E-state index contributed by atoms with van der Waals surface area (Å²) in [7, 11) is 0. The quantitative estimate of drug-likeness (QED) is 0.451. The molecule has 0 saturated carbocycles. The number of carbonyl (C=O) groups is 1. The molecule has 4 radical (unpaired) electrons. The molecule has 0 aliphatic heterocycles. The zero-order chi connectivity index (χ0) is 5.15. The van der Waals surface area contributed by atoms with Crippen LogP contribution in [-0.2, 0) is 4.79 Å². The summed E-state index contributed by atoms with van der Waals surface area (Å²) in [4.78, 5) is 9.82. The molecular weight excluding hydrogens is 106 g/mol. The molecule has 0 atom stereocenters. The van der Waals surface area contributed by atoms with Gasteiger partial charge in [0.25, 0.3) is 0 Å². The van der Waals surface area contributed by atoms with Gasteiger partial charge in [0, 0.05) is 13.0 Å². The maximum absolute atomic E-state index is 9.82. The summed E-state index contributed by atoms with van der Waals surface area (Å²) in [5.41, 5.74) is 5.09. The molecule has 0 saturated heterocycles. The molecule has 0 spiro atoms. The molecule has 4 N–H and O–H groups in total. The van der Waals surface area contributed by atoms with E-state index in [-0.39, 0.29) is 12.9 Å². The molecule has 8 heavy (non-hydrogen) atoms. The van der Waals surface area contributed by atoms with E-state index in [2.05, 4.69) is 6.58 Å². The Morgan fingerprint density at radius 3 is 1.75 bits per heavy atom. The maximum atomic E-state index is 9.82. The summed E-state index contributed by atoms with van der Waals surface area (Å²) in [5.74, 6) is -0.435. The van der Waals surface area contributed by atoms with Crippen LogP contribution >= 0.6 is 0 Å². The van der Waals surface area contributed by atoms with E-state index >= 15 is 0 Å². The third-order valence-electron chi connectivity index (χ3n) is 0.421. The van der Waals surface area contributed by atoms with Gasteiger partial charge in [0.15, 0.2) is 0 Å². The summed E-state index contributed by atoms with van der Waals surface area (Å²) in [5, 5.41) is 0. The second-order valence-electron chi connectivity index (χ2n) is 1.14. The number of hydrogen-bond acceptors (Lipinski definition) is 1. The average molecular weight is 115 g/mol.